The molecular formula is C33H41N3O5S. The minimum Gasteiger partial charge on any atom is -0.489 e. The minimum atomic E-state index is -3.81. The SMILES string of the molecule is CC[C@H](C(=O)NC1CCCC1)N(CCc1ccccc1)C(=O)CN(c1ccc(OCc2ccccc2)cc1)S(C)(=O)=O. The molecule has 9 heteroatoms. The molecule has 1 aliphatic carbocycles. The molecule has 0 unspecified atom stereocenters. The van der Waals surface area contributed by atoms with Gasteiger partial charge in [-0.3, -0.25) is 13.9 Å². The zero-order chi connectivity index (χ0) is 30.0. The van der Waals surface area contributed by atoms with Crippen LogP contribution in [0.15, 0.2) is 84.9 Å². The van der Waals surface area contributed by atoms with Gasteiger partial charge in [0, 0.05) is 12.6 Å². The lowest BCUT2D eigenvalue weighted by Crippen LogP contribution is -2.54. The Morgan fingerprint density at radius 1 is 0.905 bits per heavy atom. The molecule has 224 valence electrons. The summed E-state index contributed by atoms with van der Waals surface area (Å²) in [4.78, 5) is 28.8. The molecule has 0 saturated heterocycles. The van der Waals surface area contributed by atoms with Gasteiger partial charge in [0.15, 0.2) is 0 Å². The molecule has 1 N–H and O–H groups in total. The van der Waals surface area contributed by atoms with E-state index in [1.807, 2.05) is 67.6 Å². The van der Waals surface area contributed by atoms with E-state index < -0.39 is 28.5 Å². The normalized spacial score (nSPS) is 14.2. The molecule has 0 heterocycles. The van der Waals surface area contributed by atoms with E-state index in [-0.39, 0.29) is 11.9 Å². The van der Waals surface area contributed by atoms with Crippen LogP contribution in [-0.4, -0.2) is 56.6 Å². The second-order valence-corrected chi connectivity index (χ2v) is 12.7. The summed E-state index contributed by atoms with van der Waals surface area (Å²) in [5.74, 6) is -0.0210. The van der Waals surface area contributed by atoms with Gasteiger partial charge in [0.1, 0.15) is 24.9 Å². The van der Waals surface area contributed by atoms with Crippen molar-refractivity contribution in [1.29, 1.82) is 0 Å². The molecule has 42 heavy (non-hydrogen) atoms. The summed E-state index contributed by atoms with van der Waals surface area (Å²) in [6.45, 7) is 2.14. The van der Waals surface area contributed by atoms with Crippen molar-refractivity contribution in [2.24, 2.45) is 0 Å². The first-order valence-electron chi connectivity index (χ1n) is 14.6. The fourth-order valence-corrected chi connectivity index (χ4v) is 6.18. The smallest absolute Gasteiger partial charge is 0.244 e. The van der Waals surface area contributed by atoms with Crippen molar-refractivity contribution in [2.75, 3.05) is 23.7 Å². The number of nitrogens with one attached hydrogen (secondary N) is 1. The molecular weight excluding hydrogens is 550 g/mol. The molecule has 1 aliphatic rings. The fourth-order valence-electron chi connectivity index (χ4n) is 5.33. The van der Waals surface area contributed by atoms with E-state index in [0.717, 1.165) is 47.4 Å². The monoisotopic (exact) mass is 591 g/mol. The van der Waals surface area contributed by atoms with Gasteiger partial charge in [-0.05, 0) is 61.1 Å². The Kier molecular flexibility index (Phi) is 11.0. The number of amides is 2. The van der Waals surface area contributed by atoms with E-state index >= 15 is 0 Å². The van der Waals surface area contributed by atoms with Gasteiger partial charge in [0.2, 0.25) is 21.8 Å². The number of ether oxygens (including phenoxy) is 1. The number of hydrogen-bond donors (Lipinski definition) is 1. The van der Waals surface area contributed by atoms with Crippen molar-refractivity contribution >= 4 is 27.5 Å². The van der Waals surface area contributed by atoms with Crippen LogP contribution in [0.25, 0.3) is 0 Å². The number of anilines is 1. The van der Waals surface area contributed by atoms with Gasteiger partial charge >= 0.3 is 0 Å². The molecule has 2 amide bonds. The number of nitrogens with zero attached hydrogens (tertiary/aromatic N) is 2. The van der Waals surface area contributed by atoms with E-state index in [2.05, 4.69) is 5.32 Å². The summed E-state index contributed by atoms with van der Waals surface area (Å²) in [5, 5.41) is 3.13. The van der Waals surface area contributed by atoms with E-state index in [1.165, 1.54) is 0 Å². The Morgan fingerprint density at radius 2 is 1.50 bits per heavy atom. The van der Waals surface area contributed by atoms with Crippen LogP contribution in [0.2, 0.25) is 0 Å². The van der Waals surface area contributed by atoms with Crippen LogP contribution in [0, 0.1) is 0 Å². The van der Waals surface area contributed by atoms with Crippen molar-refractivity contribution in [3.05, 3.63) is 96.1 Å². The van der Waals surface area contributed by atoms with Crippen LogP contribution < -0.4 is 14.4 Å². The van der Waals surface area contributed by atoms with Gasteiger partial charge in [0.05, 0.1) is 11.9 Å². The van der Waals surface area contributed by atoms with Gasteiger partial charge in [-0.1, -0.05) is 80.4 Å². The van der Waals surface area contributed by atoms with Gasteiger partial charge < -0.3 is 15.0 Å². The van der Waals surface area contributed by atoms with Crippen molar-refractivity contribution < 1.29 is 22.7 Å². The summed E-state index contributed by atoms with van der Waals surface area (Å²) in [6, 6.07) is 25.6. The number of carbonyl (C=O) groups excluding carboxylic acids is 2. The highest BCUT2D eigenvalue weighted by Crippen LogP contribution is 2.24. The molecule has 3 aromatic rings. The first kappa shape index (κ1) is 31.1. The van der Waals surface area contributed by atoms with Gasteiger partial charge in [-0.25, -0.2) is 8.42 Å². The highest BCUT2D eigenvalue weighted by Gasteiger charge is 2.32. The Balaban J connectivity index is 1.51. The molecule has 0 bridgehead atoms. The second-order valence-electron chi connectivity index (χ2n) is 10.8. The molecule has 1 saturated carbocycles. The zero-order valence-electron chi connectivity index (χ0n) is 24.4. The van der Waals surface area contributed by atoms with E-state index in [0.29, 0.717) is 37.4 Å². The van der Waals surface area contributed by atoms with Crippen LogP contribution in [0.5, 0.6) is 5.75 Å². The van der Waals surface area contributed by atoms with Gasteiger partial charge in [-0.15, -0.1) is 0 Å². The van der Waals surface area contributed by atoms with Gasteiger partial charge in [-0.2, -0.15) is 0 Å². The molecule has 3 aromatic carbocycles. The topological polar surface area (TPSA) is 96.0 Å². The predicted molar refractivity (Wildman–Crippen MR) is 166 cm³/mol. The minimum absolute atomic E-state index is 0.118. The lowest BCUT2D eigenvalue weighted by Gasteiger charge is -2.33. The summed E-state index contributed by atoms with van der Waals surface area (Å²) in [7, 11) is -3.81. The van der Waals surface area contributed by atoms with Crippen molar-refractivity contribution in [3.63, 3.8) is 0 Å². The zero-order valence-corrected chi connectivity index (χ0v) is 25.3. The largest absolute Gasteiger partial charge is 0.489 e. The molecule has 8 nitrogen and oxygen atoms in total. The molecule has 0 aliphatic heterocycles. The summed E-state index contributed by atoms with van der Waals surface area (Å²) < 4.78 is 32.8. The summed E-state index contributed by atoms with van der Waals surface area (Å²) in [6.07, 6.45) is 6.09. The standard InChI is InChI=1S/C33H41N3O5S/c1-3-31(33(38)34-28-16-10-11-17-28)35(23-22-26-12-6-4-7-13-26)32(37)24-36(42(2,39)40)29-18-20-30(21-19-29)41-25-27-14-8-5-9-15-27/h4-9,12-15,18-21,28,31H,3,10-11,16-17,22-25H2,1-2H3,(H,34,38)/t31-/m1/s1. The van der Waals surface area contributed by atoms with Crippen LogP contribution in [0.3, 0.4) is 0 Å². The van der Waals surface area contributed by atoms with Gasteiger partial charge in [0.25, 0.3) is 0 Å². The Morgan fingerprint density at radius 3 is 2.07 bits per heavy atom. The first-order valence-corrected chi connectivity index (χ1v) is 16.5. The molecule has 0 spiro atoms. The fraction of sp³-hybridized carbons (Fsp3) is 0.394. The third-order valence-electron chi connectivity index (χ3n) is 7.62. The molecule has 1 atom stereocenters. The molecule has 0 aromatic heterocycles. The number of benzene rings is 3. The van der Waals surface area contributed by atoms with Crippen molar-refractivity contribution in [2.45, 2.75) is 64.1 Å². The quantitative estimate of drug-likeness (QED) is 0.287. The molecule has 1 fully saturated rings. The number of carbonyl (C=O) groups is 2. The maximum Gasteiger partial charge on any atom is 0.244 e. The third kappa shape index (κ3) is 8.82. The van der Waals surface area contributed by atoms with Crippen LogP contribution >= 0.6 is 0 Å². The van der Waals surface area contributed by atoms with Crippen LogP contribution in [-0.2, 0) is 32.6 Å². The van der Waals surface area contributed by atoms with E-state index in [4.69, 9.17) is 4.74 Å². The highest BCUT2D eigenvalue weighted by molar-refractivity contribution is 7.92. The van der Waals surface area contributed by atoms with Crippen LogP contribution in [0.1, 0.15) is 50.2 Å². The maximum atomic E-state index is 13.9. The third-order valence-corrected chi connectivity index (χ3v) is 8.76. The van der Waals surface area contributed by atoms with Crippen molar-refractivity contribution in [3.8, 4) is 5.75 Å². The average molecular weight is 592 g/mol. The molecule has 4 rings (SSSR count). The first-order chi connectivity index (χ1) is 20.2. The Labute approximate surface area is 249 Å². The predicted octanol–water partition coefficient (Wildman–Crippen LogP) is 4.94. The lowest BCUT2D eigenvalue weighted by molar-refractivity contribution is -0.139. The number of sulfonamides is 1. The van der Waals surface area contributed by atoms with Crippen molar-refractivity contribution in [1.82, 2.24) is 10.2 Å². The molecule has 0 radical (unpaired) electrons. The highest BCUT2D eigenvalue weighted by atomic mass is 32.2. The average Bonchev–Trinajstić information content (AvgIpc) is 3.50. The lowest BCUT2D eigenvalue weighted by atomic mass is 10.1. The Bertz CT molecular complexity index is 1390. The Hall–Kier alpha value is -3.85. The number of rotatable bonds is 14. The maximum absolute atomic E-state index is 13.9. The second kappa shape index (κ2) is 14.9. The number of hydrogen-bond acceptors (Lipinski definition) is 5. The summed E-state index contributed by atoms with van der Waals surface area (Å²) in [5.41, 5.74) is 2.40. The van der Waals surface area contributed by atoms with Crippen LogP contribution in [0.4, 0.5) is 5.69 Å². The van der Waals surface area contributed by atoms with E-state index in [1.54, 1.807) is 29.2 Å². The summed E-state index contributed by atoms with van der Waals surface area (Å²) >= 11 is 0. The van der Waals surface area contributed by atoms with E-state index in [9.17, 15) is 18.0 Å².